The van der Waals surface area contributed by atoms with Crippen molar-refractivity contribution in [2.24, 2.45) is 5.73 Å². The topological polar surface area (TPSA) is 101 Å². The monoisotopic (exact) mass is 302 g/mol. The van der Waals surface area contributed by atoms with E-state index in [1.807, 2.05) is 30.3 Å². The highest BCUT2D eigenvalue weighted by molar-refractivity contribution is 7.92. The van der Waals surface area contributed by atoms with Gasteiger partial charge in [0.05, 0.1) is 6.20 Å². The summed E-state index contributed by atoms with van der Waals surface area (Å²) >= 11 is 0. The van der Waals surface area contributed by atoms with Crippen LogP contribution in [0.2, 0.25) is 0 Å². The number of sulfonamides is 1. The first kappa shape index (κ1) is 13.6. The van der Waals surface area contributed by atoms with E-state index in [2.05, 4.69) is 14.9 Å². The second kappa shape index (κ2) is 5.19. The lowest BCUT2D eigenvalue weighted by atomic mass is 10.1. The molecule has 0 fully saturated rings. The van der Waals surface area contributed by atoms with Crippen molar-refractivity contribution in [2.75, 3.05) is 4.72 Å². The highest BCUT2D eigenvalue weighted by Gasteiger charge is 2.20. The number of benzene rings is 2. The van der Waals surface area contributed by atoms with Crippen molar-refractivity contribution in [3.8, 4) is 0 Å². The Morgan fingerprint density at radius 3 is 2.67 bits per heavy atom. The molecule has 1 aromatic heterocycles. The summed E-state index contributed by atoms with van der Waals surface area (Å²) in [5, 5.41) is 8.20. The molecule has 2 aromatic carbocycles. The van der Waals surface area contributed by atoms with Crippen molar-refractivity contribution in [1.29, 1.82) is 0 Å². The fourth-order valence-electron chi connectivity index (χ4n) is 2.14. The van der Waals surface area contributed by atoms with Gasteiger partial charge in [-0.1, -0.05) is 30.3 Å². The van der Waals surface area contributed by atoms with E-state index in [1.165, 1.54) is 6.20 Å². The number of nitrogens with one attached hydrogen (secondary N) is 2. The number of nitrogens with zero attached hydrogens (tertiary/aromatic N) is 1. The molecule has 0 saturated heterocycles. The number of rotatable bonds is 4. The van der Waals surface area contributed by atoms with Gasteiger partial charge in [0.15, 0.2) is 5.03 Å². The number of anilines is 1. The quantitative estimate of drug-likeness (QED) is 0.684. The molecule has 0 atom stereocenters. The van der Waals surface area contributed by atoms with E-state index in [-0.39, 0.29) is 11.6 Å². The summed E-state index contributed by atoms with van der Waals surface area (Å²) in [7, 11) is -3.73. The minimum Gasteiger partial charge on any atom is -0.326 e. The Kier molecular flexibility index (Phi) is 3.36. The molecule has 3 aromatic rings. The molecule has 0 amide bonds. The van der Waals surface area contributed by atoms with E-state index in [4.69, 9.17) is 5.73 Å². The Morgan fingerprint density at radius 1 is 1.14 bits per heavy atom. The Hall–Kier alpha value is -2.38. The first-order chi connectivity index (χ1) is 10.1. The van der Waals surface area contributed by atoms with Gasteiger partial charge in [-0.15, -0.1) is 0 Å². The zero-order valence-corrected chi connectivity index (χ0v) is 11.9. The maximum atomic E-state index is 12.3. The van der Waals surface area contributed by atoms with E-state index < -0.39 is 10.0 Å². The molecule has 0 radical (unpaired) electrons. The lowest BCUT2D eigenvalue weighted by Gasteiger charge is -2.08. The molecule has 0 aliphatic rings. The van der Waals surface area contributed by atoms with Crippen LogP contribution in [0.15, 0.2) is 53.7 Å². The number of hydrogen-bond acceptors (Lipinski definition) is 4. The third-order valence-electron chi connectivity index (χ3n) is 3.17. The minimum absolute atomic E-state index is 0.00170. The van der Waals surface area contributed by atoms with Crippen LogP contribution in [0.25, 0.3) is 10.8 Å². The summed E-state index contributed by atoms with van der Waals surface area (Å²) in [4.78, 5) is 0. The molecule has 0 saturated carbocycles. The maximum Gasteiger partial charge on any atom is 0.279 e. The second-order valence-electron chi connectivity index (χ2n) is 4.60. The van der Waals surface area contributed by atoms with Gasteiger partial charge in [0, 0.05) is 17.8 Å². The van der Waals surface area contributed by atoms with E-state index in [0.717, 1.165) is 10.8 Å². The number of aromatic nitrogens is 2. The maximum absolute atomic E-state index is 12.3. The molecular weight excluding hydrogens is 288 g/mol. The van der Waals surface area contributed by atoms with Gasteiger partial charge < -0.3 is 5.73 Å². The van der Waals surface area contributed by atoms with Crippen molar-refractivity contribution in [1.82, 2.24) is 10.2 Å². The number of nitrogens with two attached hydrogens (primary N) is 1. The predicted molar refractivity (Wildman–Crippen MR) is 81.2 cm³/mol. The smallest absolute Gasteiger partial charge is 0.279 e. The van der Waals surface area contributed by atoms with Crippen LogP contribution in [-0.2, 0) is 16.6 Å². The van der Waals surface area contributed by atoms with Crippen LogP contribution in [0, 0.1) is 0 Å². The summed E-state index contributed by atoms with van der Waals surface area (Å²) in [6.07, 6.45) is 1.41. The summed E-state index contributed by atoms with van der Waals surface area (Å²) in [6, 6.07) is 13.1. The number of hydrogen-bond donors (Lipinski definition) is 3. The summed E-state index contributed by atoms with van der Waals surface area (Å²) < 4.78 is 27.2. The highest BCUT2D eigenvalue weighted by Crippen LogP contribution is 2.22. The van der Waals surface area contributed by atoms with Crippen LogP contribution in [-0.4, -0.2) is 18.6 Å². The Labute approximate surface area is 122 Å². The van der Waals surface area contributed by atoms with Gasteiger partial charge in [-0.2, -0.15) is 13.5 Å². The number of fused-ring (bicyclic) bond motifs is 1. The molecule has 0 aliphatic carbocycles. The molecule has 0 spiro atoms. The number of aromatic amines is 1. The van der Waals surface area contributed by atoms with Crippen molar-refractivity contribution in [3.63, 3.8) is 0 Å². The average molecular weight is 302 g/mol. The van der Waals surface area contributed by atoms with Gasteiger partial charge in [0.1, 0.15) is 0 Å². The molecule has 0 aliphatic heterocycles. The van der Waals surface area contributed by atoms with Crippen LogP contribution >= 0.6 is 0 Å². The molecule has 7 heteroatoms. The van der Waals surface area contributed by atoms with E-state index in [1.54, 1.807) is 12.1 Å². The van der Waals surface area contributed by atoms with Crippen LogP contribution in [0.4, 0.5) is 5.69 Å². The summed E-state index contributed by atoms with van der Waals surface area (Å²) in [5.41, 5.74) is 6.45. The Morgan fingerprint density at radius 2 is 1.90 bits per heavy atom. The van der Waals surface area contributed by atoms with E-state index >= 15 is 0 Å². The van der Waals surface area contributed by atoms with Crippen molar-refractivity contribution in [3.05, 3.63) is 54.2 Å². The van der Waals surface area contributed by atoms with Gasteiger partial charge in [-0.3, -0.25) is 9.82 Å². The van der Waals surface area contributed by atoms with Gasteiger partial charge in [0.2, 0.25) is 0 Å². The fraction of sp³-hybridized carbons (Fsp3) is 0.0714. The van der Waals surface area contributed by atoms with Crippen molar-refractivity contribution < 1.29 is 8.42 Å². The highest BCUT2D eigenvalue weighted by atomic mass is 32.2. The lowest BCUT2D eigenvalue weighted by Crippen LogP contribution is -2.16. The summed E-state index contributed by atoms with van der Waals surface area (Å²) in [6.45, 7) is 0.102. The molecule has 0 unspecified atom stereocenters. The van der Waals surface area contributed by atoms with Gasteiger partial charge in [0.25, 0.3) is 10.0 Å². The Balaban J connectivity index is 1.97. The van der Waals surface area contributed by atoms with Crippen LogP contribution in [0.3, 0.4) is 0 Å². The zero-order chi connectivity index (χ0) is 14.9. The first-order valence-electron chi connectivity index (χ1n) is 6.34. The molecule has 108 valence electrons. The molecular formula is C14H14N4O2S. The molecule has 3 rings (SSSR count). The Bertz CT molecular complexity index is 887. The van der Waals surface area contributed by atoms with E-state index in [0.29, 0.717) is 11.3 Å². The minimum atomic E-state index is -3.73. The van der Waals surface area contributed by atoms with Gasteiger partial charge in [-0.05, 0) is 22.9 Å². The third kappa shape index (κ3) is 2.61. The van der Waals surface area contributed by atoms with Gasteiger partial charge in [-0.25, -0.2) is 0 Å². The van der Waals surface area contributed by atoms with Crippen LogP contribution in [0.5, 0.6) is 0 Å². The molecule has 4 N–H and O–H groups in total. The standard InChI is InChI=1S/C14H14N4O2S/c15-8-12-9-16-17-14(12)21(19,20)18-13-6-5-10-3-1-2-4-11(10)7-13/h1-7,9,18H,8,15H2,(H,16,17). The predicted octanol–water partition coefficient (Wildman–Crippen LogP) is 1.82. The van der Waals surface area contributed by atoms with Crippen molar-refractivity contribution in [2.45, 2.75) is 11.6 Å². The SMILES string of the molecule is NCc1cn[nH]c1S(=O)(=O)Nc1ccc2ccccc2c1. The lowest BCUT2D eigenvalue weighted by molar-refractivity contribution is 0.596. The third-order valence-corrected chi connectivity index (χ3v) is 4.56. The molecule has 0 bridgehead atoms. The second-order valence-corrected chi connectivity index (χ2v) is 6.22. The molecule has 21 heavy (non-hydrogen) atoms. The zero-order valence-electron chi connectivity index (χ0n) is 11.1. The summed E-state index contributed by atoms with van der Waals surface area (Å²) in [5.74, 6) is 0. The first-order valence-corrected chi connectivity index (χ1v) is 7.82. The van der Waals surface area contributed by atoms with E-state index in [9.17, 15) is 8.42 Å². The normalized spacial score (nSPS) is 11.7. The largest absolute Gasteiger partial charge is 0.326 e. The van der Waals surface area contributed by atoms with Crippen LogP contribution < -0.4 is 10.5 Å². The molecule has 1 heterocycles. The average Bonchev–Trinajstić information content (AvgIpc) is 2.96. The van der Waals surface area contributed by atoms with Crippen LogP contribution in [0.1, 0.15) is 5.56 Å². The number of H-pyrrole nitrogens is 1. The fourth-order valence-corrected chi connectivity index (χ4v) is 3.33. The molecule has 6 nitrogen and oxygen atoms in total. The van der Waals surface area contributed by atoms with Crippen molar-refractivity contribution >= 4 is 26.5 Å². The van der Waals surface area contributed by atoms with Gasteiger partial charge >= 0.3 is 0 Å².